The number of phosphoric ester groups is 1. The van der Waals surface area contributed by atoms with Crippen LogP contribution >= 0.6 is 7.82 Å². The second-order valence-corrected chi connectivity index (χ2v) is 29.7. The lowest BCUT2D eigenvalue weighted by Crippen LogP contribution is -2.47. The van der Waals surface area contributed by atoms with E-state index in [9.17, 15) is 19.0 Å². The van der Waals surface area contributed by atoms with Gasteiger partial charge in [-0.1, -0.05) is 344 Å². The first-order valence-electron chi connectivity index (χ1n) is 39.9. The molecule has 0 aromatic carbocycles. The van der Waals surface area contributed by atoms with E-state index in [1.54, 1.807) is 0 Å². The zero-order valence-electron chi connectivity index (χ0n) is 62.2. The van der Waals surface area contributed by atoms with Gasteiger partial charge in [0.1, 0.15) is 19.3 Å². The maximum atomic E-state index is 13.7. The number of amides is 1. The molecule has 0 aromatic rings. The summed E-state index contributed by atoms with van der Waals surface area (Å²) in [5.74, 6) is -0.494. The van der Waals surface area contributed by atoms with Crippen LogP contribution in [-0.2, 0) is 27.9 Å². The molecular formula is C83H154N2O7P+. The second-order valence-electron chi connectivity index (χ2n) is 28.2. The van der Waals surface area contributed by atoms with Gasteiger partial charge >= 0.3 is 13.8 Å². The topological polar surface area (TPSA) is 111 Å². The van der Waals surface area contributed by atoms with E-state index in [-0.39, 0.29) is 25.1 Å². The molecule has 0 heterocycles. The lowest BCUT2D eigenvalue weighted by atomic mass is 10.0. The van der Waals surface area contributed by atoms with E-state index in [2.05, 4.69) is 105 Å². The smallest absolute Gasteiger partial charge is 0.456 e. The quantitative estimate of drug-likeness (QED) is 0.0205. The molecule has 0 aromatic heterocycles. The molecule has 0 saturated carbocycles. The number of ether oxygens (including phenoxy) is 1. The van der Waals surface area contributed by atoms with Crippen molar-refractivity contribution >= 4 is 19.7 Å². The first-order valence-corrected chi connectivity index (χ1v) is 41.4. The molecule has 93 heavy (non-hydrogen) atoms. The van der Waals surface area contributed by atoms with Crippen molar-refractivity contribution in [1.82, 2.24) is 5.32 Å². The number of nitrogens with zero attached hydrogens (tertiary/aromatic N) is 1. The Kier molecular flexibility index (Phi) is 69.8. The number of esters is 1. The fraction of sp³-hybridized carbons (Fsp3) is 0.807. The average Bonchev–Trinajstić information content (AvgIpc) is 2.31. The Hall–Kier alpha value is -2.81. The lowest BCUT2D eigenvalue weighted by molar-refractivity contribution is -0.870. The monoisotopic (exact) mass is 1320 g/mol. The third-order valence-corrected chi connectivity index (χ3v) is 18.8. The zero-order valence-corrected chi connectivity index (χ0v) is 63.1. The van der Waals surface area contributed by atoms with Crippen molar-refractivity contribution in [2.45, 2.75) is 392 Å². The molecule has 10 heteroatoms. The van der Waals surface area contributed by atoms with Gasteiger partial charge in [0.25, 0.3) is 0 Å². The predicted molar refractivity (Wildman–Crippen MR) is 406 cm³/mol. The minimum absolute atomic E-state index is 0.0386. The Balaban J connectivity index is 4.96. The summed E-state index contributed by atoms with van der Waals surface area (Å²) in [7, 11) is 1.50. The van der Waals surface area contributed by atoms with Crippen LogP contribution in [0.3, 0.4) is 0 Å². The van der Waals surface area contributed by atoms with E-state index < -0.39 is 20.0 Å². The summed E-state index contributed by atoms with van der Waals surface area (Å²) in [4.78, 5) is 38.1. The van der Waals surface area contributed by atoms with Crippen molar-refractivity contribution in [3.63, 3.8) is 0 Å². The number of rotatable bonds is 73. The number of quaternary nitrogens is 1. The van der Waals surface area contributed by atoms with Gasteiger partial charge < -0.3 is 19.4 Å². The molecule has 3 atom stereocenters. The van der Waals surface area contributed by atoms with E-state index in [0.717, 1.165) is 83.5 Å². The van der Waals surface area contributed by atoms with Gasteiger partial charge in [-0.2, -0.15) is 0 Å². The first-order chi connectivity index (χ1) is 45.4. The fourth-order valence-electron chi connectivity index (χ4n) is 11.7. The van der Waals surface area contributed by atoms with Crippen molar-refractivity contribution in [3.8, 4) is 0 Å². The summed E-state index contributed by atoms with van der Waals surface area (Å²) in [5.41, 5.74) is 0. The van der Waals surface area contributed by atoms with Crippen molar-refractivity contribution in [2.75, 3.05) is 40.9 Å². The Morgan fingerprint density at radius 3 is 1.00 bits per heavy atom. The summed E-state index contributed by atoms with van der Waals surface area (Å²) in [6.45, 7) is 7.01. The Morgan fingerprint density at radius 1 is 0.376 bits per heavy atom. The Morgan fingerprint density at radius 2 is 0.656 bits per heavy atom. The van der Waals surface area contributed by atoms with E-state index in [4.69, 9.17) is 13.8 Å². The zero-order chi connectivity index (χ0) is 67.8. The highest BCUT2D eigenvalue weighted by atomic mass is 31.2. The van der Waals surface area contributed by atoms with E-state index in [1.165, 1.54) is 263 Å². The van der Waals surface area contributed by atoms with Crippen LogP contribution < -0.4 is 5.32 Å². The van der Waals surface area contributed by atoms with Crippen molar-refractivity contribution in [2.24, 2.45) is 0 Å². The largest absolute Gasteiger partial charge is 0.472 e. The molecule has 1 amide bonds. The number of likely N-dealkylation sites (N-methyl/N-ethyl adjacent to an activating group) is 1. The number of hydrogen-bond donors (Lipinski definition) is 2. The van der Waals surface area contributed by atoms with Crippen molar-refractivity contribution in [1.29, 1.82) is 0 Å². The third kappa shape index (κ3) is 73.3. The Bertz CT molecular complexity index is 1870. The number of allylic oxidation sites excluding steroid dienone is 13. The number of phosphoric acid groups is 1. The normalized spacial score (nSPS) is 13.8. The molecule has 0 rings (SSSR count). The maximum Gasteiger partial charge on any atom is 0.472 e. The predicted octanol–water partition coefficient (Wildman–Crippen LogP) is 26.0. The molecule has 9 nitrogen and oxygen atoms in total. The van der Waals surface area contributed by atoms with Crippen LogP contribution in [0.5, 0.6) is 0 Å². The number of unbranched alkanes of at least 4 members (excludes halogenated alkanes) is 45. The minimum Gasteiger partial charge on any atom is -0.456 e. The van der Waals surface area contributed by atoms with E-state index in [1.807, 2.05) is 27.2 Å². The molecule has 542 valence electrons. The fourth-order valence-corrected chi connectivity index (χ4v) is 12.4. The van der Waals surface area contributed by atoms with Crippen LogP contribution in [0.4, 0.5) is 0 Å². The highest BCUT2D eigenvalue weighted by Crippen LogP contribution is 2.43. The summed E-state index contributed by atoms with van der Waals surface area (Å²) >= 11 is 0. The first kappa shape index (κ1) is 90.2. The standard InChI is InChI=1S/C83H153N2O7P/c1-7-10-13-16-19-22-25-28-30-32-34-36-38-40-42-44-46-48-50-52-54-57-60-63-66-69-72-75-82(86)84-80(79-91-93(88,89)90-78-77-85(4,5)6)81(74-71-68-65-62-59-56-27-24-21-18-15-12-9-3)92-83(87)76-73-70-67-64-61-58-55-53-51-49-47-45-43-41-39-37-35-33-31-29-26-23-20-17-14-11-8-2/h19-20,22-23,28-31,34,36,40,42,71,74,80-81H,7-18,21,24-27,32-33,35,37-39,41,43-70,72-73,75-79H2,1-6H3,(H-,84,86,88,89)/p+1/b22-19-,23-20-,30-28-,31-29-,36-34-,42-40-,74-71+. The highest BCUT2D eigenvalue weighted by Gasteiger charge is 2.30. The van der Waals surface area contributed by atoms with Crippen LogP contribution in [0.1, 0.15) is 380 Å². The SMILES string of the molecule is CCCCC/C=C\C/C=C\C/C=C\C/C=C\CCCCCCCCCCCCCC(=O)NC(COP(=O)(O)OCC[N+](C)(C)C)C(/C=C/CCCCCCCCCCCCC)OC(=O)CCCCCCCCCCCCCCCCCCC/C=C\C/C=C\CCCCC. The van der Waals surface area contributed by atoms with Crippen LogP contribution in [-0.4, -0.2) is 74.3 Å². The van der Waals surface area contributed by atoms with Gasteiger partial charge in [-0.05, 0) is 109 Å². The van der Waals surface area contributed by atoms with Crippen LogP contribution in [0, 0.1) is 0 Å². The van der Waals surface area contributed by atoms with Crippen LogP contribution in [0.15, 0.2) is 85.1 Å². The van der Waals surface area contributed by atoms with Crippen LogP contribution in [0.2, 0.25) is 0 Å². The molecule has 0 saturated heterocycles. The van der Waals surface area contributed by atoms with Crippen LogP contribution in [0.25, 0.3) is 0 Å². The van der Waals surface area contributed by atoms with Crippen molar-refractivity contribution in [3.05, 3.63) is 85.1 Å². The maximum absolute atomic E-state index is 13.7. The molecule has 0 bridgehead atoms. The third-order valence-electron chi connectivity index (χ3n) is 17.8. The summed E-state index contributed by atoms with van der Waals surface area (Å²) < 4.78 is 31.0. The molecule has 0 spiro atoms. The van der Waals surface area contributed by atoms with Gasteiger partial charge in [0.05, 0.1) is 33.8 Å². The van der Waals surface area contributed by atoms with E-state index >= 15 is 0 Å². The number of carbonyl (C=O) groups is 2. The van der Waals surface area contributed by atoms with Gasteiger partial charge in [-0.3, -0.25) is 18.6 Å². The lowest BCUT2D eigenvalue weighted by Gasteiger charge is -2.27. The molecule has 3 unspecified atom stereocenters. The van der Waals surface area contributed by atoms with Crippen molar-refractivity contribution < 1.29 is 37.3 Å². The van der Waals surface area contributed by atoms with Gasteiger partial charge in [0, 0.05) is 12.8 Å². The van der Waals surface area contributed by atoms with Gasteiger partial charge in [-0.25, -0.2) is 4.57 Å². The summed E-state index contributed by atoms with van der Waals surface area (Å²) in [6.07, 6.45) is 97.5. The molecule has 0 aliphatic heterocycles. The molecular weight excluding hydrogens is 1170 g/mol. The van der Waals surface area contributed by atoms with Gasteiger partial charge in [0.15, 0.2) is 0 Å². The molecule has 0 radical (unpaired) electrons. The van der Waals surface area contributed by atoms with Gasteiger partial charge in [-0.15, -0.1) is 0 Å². The molecule has 2 N–H and O–H groups in total. The van der Waals surface area contributed by atoms with Gasteiger partial charge in [0.2, 0.25) is 5.91 Å². The number of carbonyl (C=O) groups excluding carboxylic acids is 2. The molecule has 0 aliphatic rings. The molecule has 0 aliphatic carbocycles. The minimum atomic E-state index is -4.46. The Labute approximate surface area is 577 Å². The summed E-state index contributed by atoms with van der Waals surface area (Å²) in [5, 5.41) is 3.08. The highest BCUT2D eigenvalue weighted by molar-refractivity contribution is 7.47. The number of nitrogens with one attached hydrogen (secondary N) is 1. The van der Waals surface area contributed by atoms with E-state index in [0.29, 0.717) is 23.9 Å². The average molecular weight is 1320 g/mol. The second kappa shape index (κ2) is 71.9. The summed E-state index contributed by atoms with van der Waals surface area (Å²) in [6, 6.07) is -0.854. The molecule has 0 fully saturated rings. The number of hydrogen-bond acceptors (Lipinski definition) is 6.